The summed E-state index contributed by atoms with van der Waals surface area (Å²) < 4.78 is 5.71. The minimum Gasteiger partial charge on any atom is -0.497 e. The summed E-state index contributed by atoms with van der Waals surface area (Å²) in [6, 6.07) is 7.46. The molecule has 2 nitrogen and oxygen atoms in total. The summed E-state index contributed by atoms with van der Waals surface area (Å²) in [6.45, 7) is 0. The first-order valence-corrected chi connectivity index (χ1v) is 5.18. The monoisotopic (exact) mass is 278 g/mol. The van der Waals surface area contributed by atoms with E-state index in [1.165, 1.54) is 0 Å². The molecule has 1 atom stereocenters. The minimum absolute atomic E-state index is 0.364. The highest BCUT2D eigenvalue weighted by atomic mass is 127. The summed E-state index contributed by atoms with van der Waals surface area (Å²) in [6.07, 6.45) is -0.364. The van der Waals surface area contributed by atoms with Gasteiger partial charge in [0.25, 0.3) is 0 Å². The molecule has 1 rings (SSSR count). The second kappa shape index (κ2) is 4.67. The zero-order chi connectivity index (χ0) is 8.97. The fourth-order valence-electron chi connectivity index (χ4n) is 0.915. The molecule has 1 aromatic carbocycles. The Morgan fingerprint density at radius 1 is 1.42 bits per heavy atom. The van der Waals surface area contributed by atoms with Gasteiger partial charge in [-0.25, -0.2) is 0 Å². The molecular weight excluding hydrogens is 267 g/mol. The quantitative estimate of drug-likeness (QED) is 0.678. The van der Waals surface area contributed by atoms with Gasteiger partial charge in [-0.3, -0.25) is 0 Å². The number of methoxy groups -OCH3 is 1. The van der Waals surface area contributed by atoms with Gasteiger partial charge in [-0.1, -0.05) is 34.7 Å². The number of hydrogen-bond donors (Lipinski definition) is 1. The third-order valence-corrected chi connectivity index (χ3v) is 2.48. The van der Waals surface area contributed by atoms with Crippen molar-refractivity contribution in [3.63, 3.8) is 0 Å². The Hall–Kier alpha value is -0.290. The Morgan fingerprint density at radius 2 is 2.00 bits per heavy atom. The second-order valence-corrected chi connectivity index (χ2v) is 3.32. The Bertz CT molecular complexity index is 233. The molecule has 0 aliphatic carbocycles. The van der Waals surface area contributed by atoms with Crippen molar-refractivity contribution in [1.29, 1.82) is 0 Å². The van der Waals surface area contributed by atoms with Crippen LogP contribution in [-0.2, 0) is 0 Å². The highest BCUT2D eigenvalue weighted by molar-refractivity contribution is 14.1. The largest absolute Gasteiger partial charge is 0.497 e. The second-order valence-electron chi connectivity index (χ2n) is 2.44. The lowest BCUT2D eigenvalue weighted by molar-refractivity contribution is 0.207. The smallest absolute Gasteiger partial charge is 0.118 e. The summed E-state index contributed by atoms with van der Waals surface area (Å²) in [4.78, 5) is 0. The van der Waals surface area contributed by atoms with Crippen LogP contribution < -0.4 is 4.74 Å². The van der Waals surface area contributed by atoms with Gasteiger partial charge >= 0.3 is 0 Å². The van der Waals surface area contributed by atoms with Gasteiger partial charge in [0, 0.05) is 4.43 Å². The van der Waals surface area contributed by atoms with Gasteiger partial charge < -0.3 is 9.84 Å². The van der Waals surface area contributed by atoms with Crippen LogP contribution in [-0.4, -0.2) is 16.6 Å². The fraction of sp³-hybridized carbons (Fsp3) is 0.333. The molecule has 12 heavy (non-hydrogen) atoms. The summed E-state index contributed by atoms with van der Waals surface area (Å²) in [5.74, 6) is 0.819. The average molecular weight is 278 g/mol. The fourth-order valence-corrected chi connectivity index (χ4v) is 1.42. The first-order chi connectivity index (χ1) is 5.77. The van der Waals surface area contributed by atoms with Crippen LogP contribution in [0.2, 0.25) is 0 Å². The first-order valence-electron chi connectivity index (χ1n) is 3.66. The van der Waals surface area contributed by atoms with E-state index in [2.05, 4.69) is 22.6 Å². The SMILES string of the molecule is COc1ccc(C(O)CI)cc1. The van der Waals surface area contributed by atoms with Crippen molar-refractivity contribution >= 4 is 22.6 Å². The molecule has 0 saturated carbocycles. The third kappa shape index (κ3) is 2.35. The van der Waals surface area contributed by atoms with E-state index in [1.807, 2.05) is 24.3 Å². The van der Waals surface area contributed by atoms with E-state index in [1.54, 1.807) is 7.11 Å². The lowest BCUT2D eigenvalue weighted by atomic mass is 10.1. The van der Waals surface area contributed by atoms with Gasteiger partial charge in [0.1, 0.15) is 5.75 Å². The van der Waals surface area contributed by atoms with Crippen LogP contribution in [0.1, 0.15) is 11.7 Å². The molecule has 0 spiro atoms. The van der Waals surface area contributed by atoms with Crippen molar-refractivity contribution in [1.82, 2.24) is 0 Å². The van der Waals surface area contributed by atoms with Crippen molar-refractivity contribution in [2.24, 2.45) is 0 Å². The van der Waals surface area contributed by atoms with E-state index in [-0.39, 0.29) is 6.10 Å². The predicted octanol–water partition coefficient (Wildman–Crippen LogP) is 2.16. The maximum Gasteiger partial charge on any atom is 0.118 e. The van der Waals surface area contributed by atoms with Gasteiger partial charge in [-0.2, -0.15) is 0 Å². The number of rotatable bonds is 3. The highest BCUT2D eigenvalue weighted by Gasteiger charge is 2.04. The summed E-state index contributed by atoms with van der Waals surface area (Å²) in [5.41, 5.74) is 0.935. The maximum absolute atomic E-state index is 9.44. The minimum atomic E-state index is -0.364. The normalized spacial score (nSPS) is 12.6. The van der Waals surface area contributed by atoms with Gasteiger partial charge in [0.05, 0.1) is 13.2 Å². The van der Waals surface area contributed by atoms with Crippen molar-refractivity contribution < 1.29 is 9.84 Å². The van der Waals surface area contributed by atoms with E-state index in [4.69, 9.17) is 4.74 Å². The van der Waals surface area contributed by atoms with E-state index in [9.17, 15) is 5.11 Å². The molecule has 1 aromatic rings. The predicted molar refractivity (Wildman–Crippen MR) is 56.8 cm³/mol. The Balaban J connectivity index is 2.77. The van der Waals surface area contributed by atoms with Crippen LogP contribution in [0.15, 0.2) is 24.3 Å². The van der Waals surface area contributed by atoms with Crippen molar-refractivity contribution in [3.8, 4) is 5.75 Å². The molecule has 0 fully saturated rings. The topological polar surface area (TPSA) is 29.5 Å². The average Bonchev–Trinajstić information content (AvgIpc) is 2.17. The Kier molecular flexibility index (Phi) is 3.81. The number of aliphatic hydroxyl groups is 1. The summed E-state index contributed by atoms with van der Waals surface area (Å²) in [5, 5.41) is 9.44. The molecule has 1 N–H and O–H groups in total. The molecule has 0 aromatic heterocycles. The molecule has 0 bridgehead atoms. The Labute approximate surface area is 85.7 Å². The summed E-state index contributed by atoms with van der Waals surface area (Å²) >= 11 is 2.15. The molecule has 0 radical (unpaired) electrons. The van der Waals surface area contributed by atoms with Gasteiger partial charge in [-0.05, 0) is 17.7 Å². The van der Waals surface area contributed by atoms with Crippen LogP contribution in [0.5, 0.6) is 5.75 Å². The molecular formula is C9H11IO2. The number of hydrogen-bond acceptors (Lipinski definition) is 2. The molecule has 1 unspecified atom stereocenters. The third-order valence-electron chi connectivity index (χ3n) is 1.65. The van der Waals surface area contributed by atoms with Crippen LogP contribution in [0, 0.1) is 0 Å². The standard InChI is InChI=1S/C9H11IO2/c1-12-8-4-2-7(3-5-8)9(11)6-10/h2-5,9,11H,6H2,1H3. The molecule has 0 aliphatic heterocycles. The van der Waals surface area contributed by atoms with Crippen molar-refractivity contribution in [3.05, 3.63) is 29.8 Å². The number of halogens is 1. The zero-order valence-corrected chi connectivity index (χ0v) is 8.98. The molecule has 66 valence electrons. The van der Waals surface area contributed by atoms with E-state index in [0.717, 1.165) is 11.3 Å². The number of benzene rings is 1. The molecule has 0 aliphatic rings. The van der Waals surface area contributed by atoms with Gasteiger partial charge in [0.2, 0.25) is 0 Å². The van der Waals surface area contributed by atoms with Crippen LogP contribution in [0.25, 0.3) is 0 Å². The highest BCUT2D eigenvalue weighted by Crippen LogP contribution is 2.18. The lowest BCUT2D eigenvalue weighted by Gasteiger charge is -2.07. The number of ether oxygens (including phenoxy) is 1. The molecule has 3 heteroatoms. The number of aliphatic hydroxyl groups excluding tert-OH is 1. The van der Waals surface area contributed by atoms with Gasteiger partial charge in [-0.15, -0.1) is 0 Å². The van der Waals surface area contributed by atoms with E-state index in [0.29, 0.717) is 4.43 Å². The first kappa shape index (κ1) is 9.80. The van der Waals surface area contributed by atoms with Crippen LogP contribution >= 0.6 is 22.6 Å². The maximum atomic E-state index is 9.44. The summed E-state index contributed by atoms with van der Waals surface area (Å²) in [7, 11) is 1.63. The van der Waals surface area contributed by atoms with Crippen LogP contribution in [0.4, 0.5) is 0 Å². The Morgan fingerprint density at radius 3 is 2.42 bits per heavy atom. The van der Waals surface area contributed by atoms with Crippen molar-refractivity contribution in [2.75, 3.05) is 11.5 Å². The zero-order valence-electron chi connectivity index (χ0n) is 6.83. The van der Waals surface area contributed by atoms with Gasteiger partial charge in [0.15, 0.2) is 0 Å². The van der Waals surface area contributed by atoms with E-state index < -0.39 is 0 Å². The van der Waals surface area contributed by atoms with Crippen LogP contribution in [0.3, 0.4) is 0 Å². The van der Waals surface area contributed by atoms with Crippen molar-refractivity contribution in [2.45, 2.75) is 6.10 Å². The molecule has 0 amide bonds. The lowest BCUT2D eigenvalue weighted by Crippen LogP contribution is -1.97. The molecule has 0 heterocycles. The number of alkyl halides is 1. The van der Waals surface area contributed by atoms with E-state index >= 15 is 0 Å². The molecule has 0 saturated heterocycles.